The molecule has 2 rings (SSSR count). The van der Waals surface area contributed by atoms with Gasteiger partial charge in [-0.2, -0.15) is 0 Å². The Hall–Kier alpha value is -1.03. The third-order valence-electron chi connectivity index (χ3n) is 3.79. The fraction of sp³-hybridized carbons (Fsp3) is 0.533. The minimum absolute atomic E-state index is 0.0871. The summed E-state index contributed by atoms with van der Waals surface area (Å²) >= 11 is 3.40. The standard InChI is InChI=1S/C15H21BrN2O/c1-10-7-12(16)9-13(17)15(10)18-14(19)8-11-5-3-2-4-6-11/h7,9,11H,2-6,8,17H2,1H3,(H,18,19). The predicted octanol–water partition coefficient (Wildman–Crippen LogP) is 4.25. The zero-order valence-corrected chi connectivity index (χ0v) is 12.9. The molecule has 1 aromatic rings. The van der Waals surface area contributed by atoms with Crippen molar-refractivity contribution in [1.82, 2.24) is 0 Å². The van der Waals surface area contributed by atoms with Crippen LogP contribution in [0.25, 0.3) is 0 Å². The molecule has 0 aliphatic heterocycles. The zero-order valence-electron chi connectivity index (χ0n) is 11.3. The van der Waals surface area contributed by atoms with E-state index in [1.54, 1.807) is 0 Å². The normalized spacial score (nSPS) is 16.3. The van der Waals surface area contributed by atoms with Crippen LogP contribution >= 0.6 is 15.9 Å². The van der Waals surface area contributed by atoms with Crippen molar-refractivity contribution in [2.75, 3.05) is 11.1 Å². The van der Waals surface area contributed by atoms with Crippen LogP contribution in [0.3, 0.4) is 0 Å². The van der Waals surface area contributed by atoms with Crippen LogP contribution in [0.15, 0.2) is 16.6 Å². The van der Waals surface area contributed by atoms with E-state index in [0.717, 1.165) is 15.7 Å². The molecule has 0 unspecified atom stereocenters. The summed E-state index contributed by atoms with van der Waals surface area (Å²) in [5, 5.41) is 2.97. The number of carbonyl (C=O) groups excluding carboxylic acids is 1. The van der Waals surface area contributed by atoms with Crippen LogP contribution in [0.2, 0.25) is 0 Å². The Kier molecular flexibility index (Phi) is 4.86. The first kappa shape index (κ1) is 14.4. The molecule has 3 nitrogen and oxygen atoms in total. The van der Waals surface area contributed by atoms with E-state index in [1.807, 2.05) is 19.1 Å². The highest BCUT2D eigenvalue weighted by Gasteiger charge is 2.18. The molecule has 0 radical (unpaired) electrons. The number of carbonyl (C=O) groups is 1. The van der Waals surface area contributed by atoms with Gasteiger partial charge < -0.3 is 11.1 Å². The maximum absolute atomic E-state index is 12.1. The molecule has 0 saturated heterocycles. The summed E-state index contributed by atoms with van der Waals surface area (Å²) in [5.41, 5.74) is 8.32. The Morgan fingerprint density at radius 2 is 2.05 bits per heavy atom. The van der Waals surface area contributed by atoms with E-state index >= 15 is 0 Å². The Morgan fingerprint density at radius 1 is 1.37 bits per heavy atom. The number of hydrogen-bond donors (Lipinski definition) is 2. The Bertz CT molecular complexity index is 444. The van der Waals surface area contributed by atoms with Gasteiger partial charge in [0.25, 0.3) is 0 Å². The van der Waals surface area contributed by atoms with Crippen LogP contribution in [-0.4, -0.2) is 5.91 Å². The van der Waals surface area contributed by atoms with E-state index in [9.17, 15) is 4.79 Å². The largest absolute Gasteiger partial charge is 0.397 e. The monoisotopic (exact) mass is 324 g/mol. The zero-order chi connectivity index (χ0) is 13.8. The van der Waals surface area contributed by atoms with Crippen molar-refractivity contribution in [3.63, 3.8) is 0 Å². The van der Waals surface area contributed by atoms with Gasteiger partial charge >= 0.3 is 0 Å². The van der Waals surface area contributed by atoms with E-state index in [1.165, 1.54) is 32.1 Å². The number of rotatable bonds is 3. The van der Waals surface area contributed by atoms with Crippen molar-refractivity contribution < 1.29 is 4.79 Å². The summed E-state index contributed by atoms with van der Waals surface area (Å²) in [4.78, 5) is 12.1. The topological polar surface area (TPSA) is 55.1 Å². The highest BCUT2D eigenvalue weighted by molar-refractivity contribution is 9.10. The van der Waals surface area contributed by atoms with E-state index in [4.69, 9.17) is 5.73 Å². The SMILES string of the molecule is Cc1cc(Br)cc(N)c1NC(=O)CC1CCCCC1. The van der Waals surface area contributed by atoms with Gasteiger partial charge in [0.2, 0.25) is 5.91 Å². The minimum Gasteiger partial charge on any atom is -0.397 e. The van der Waals surface area contributed by atoms with Crippen LogP contribution in [0.1, 0.15) is 44.1 Å². The van der Waals surface area contributed by atoms with Crippen LogP contribution in [0.5, 0.6) is 0 Å². The molecule has 1 aliphatic carbocycles. The summed E-state index contributed by atoms with van der Waals surface area (Å²) in [6.07, 6.45) is 6.82. The second-order valence-electron chi connectivity index (χ2n) is 5.44. The molecule has 1 fully saturated rings. The average Bonchev–Trinajstić information content (AvgIpc) is 2.35. The quantitative estimate of drug-likeness (QED) is 0.816. The first-order valence-electron chi connectivity index (χ1n) is 6.91. The van der Waals surface area contributed by atoms with Crippen LogP contribution in [-0.2, 0) is 4.79 Å². The van der Waals surface area contributed by atoms with Gasteiger partial charge in [-0.15, -0.1) is 0 Å². The highest BCUT2D eigenvalue weighted by Crippen LogP contribution is 2.30. The Labute approximate surface area is 123 Å². The van der Waals surface area contributed by atoms with Crippen molar-refractivity contribution >= 4 is 33.2 Å². The number of anilines is 2. The Balaban J connectivity index is 1.98. The number of amides is 1. The van der Waals surface area contributed by atoms with Gasteiger partial charge in [-0.05, 0) is 43.4 Å². The molecule has 3 N–H and O–H groups in total. The molecular formula is C15H21BrN2O. The van der Waals surface area contributed by atoms with Crippen LogP contribution in [0.4, 0.5) is 11.4 Å². The third kappa shape index (κ3) is 3.96. The molecule has 1 aromatic carbocycles. The predicted molar refractivity (Wildman–Crippen MR) is 83.1 cm³/mol. The van der Waals surface area contributed by atoms with Crippen molar-refractivity contribution in [1.29, 1.82) is 0 Å². The first-order chi connectivity index (χ1) is 9.06. The van der Waals surface area contributed by atoms with E-state index in [2.05, 4.69) is 21.2 Å². The fourth-order valence-electron chi connectivity index (χ4n) is 2.78. The lowest BCUT2D eigenvalue weighted by Gasteiger charge is -2.21. The van der Waals surface area contributed by atoms with Gasteiger partial charge in [-0.3, -0.25) is 4.79 Å². The molecule has 0 aromatic heterocycles. The molecule has 1 aliphatic rings. The molecule has 1 saturated carbocycles. The fourth-order valence-corrected chi connectivity index (χ4v) is 3.37. The highest BCUT2D eigenvalue weighted by atomic mass is 79.9. The van der Waals surface area contributed by atoms with Crippen molar-refractivity contribution in [2.24, 2.45) is 5.92 Å². The smallest absolute Gasteiger partial charge is 0.224 e. The summed E-state index contributed by atoms with van der Waals surface area (Å²) < 4.78 is 0.938. The molecule has 0 heterocycles. The van der Waals surface area contributed by atoms with E-state index in [0.29, 0.717) is 18.0 Å². The second kappa shape index (κ2) is 6.42. The first-order valence-corrected chi connectivity index (χ1v) is 7.71. The van der Waals surface area contributed by atoms with Crippen molar-refractivity contribution in [2.45, 2.75) is 45.4 Å². The number of aryl methyl sites for hydroxylation is 1. The van der Waals surface area contributed by atoms with Gasteiger partial charge in [0.1, 0.15) is 0 Å². The van der Waals surface area contributed by atoms with Crippen molar-refractivity contribution in [3.05, 3.63) is 22.2 Å². The molecular weight excluding hydrogens is 304 g/mol. The van der Waals surface area contributed by atoms with Gasteiger partial charge in [0.05, 0.1) is 11.4 Å². The lowest BCUT2D eigenvalue weighted by molar-refractivity contribution is -0.117. The maximum Gasteiger partial charge on any atom is 0.224 e. The summed E-state index contributed by atoms with van der Waals surface area (Å²) in [6.45, 7) is 1.96. The molecule has 0 bridgehead atoms. The van der Waals surface area contributed by atoms with Crippen LogP contribution in [0, 0.1) is 12.8 Å². The third-order valence-corrected chi connectivity index (χ3v) is 4.25. The molecule has 4 heteroatoms. The second-order valence-corrected chi connectivity index (χ2v) is 6.36. The molecule has 19 heavy (non-hydrogen) atoms. The molecule has 1 amide bonds. The summed E-state index contributed by atoms with van der Waals surface area (Å²) in [6, 6.07) is 3.79. The number of hydrogen-bond acceptors (Lipinski definition) is 2. The summed E-state index contributed by atoms with van der Waals surface area (Å²) in [7, 11) is 0. The molecule has 0 atom stereocenters. The molecule has 104 valence electrons. The van der Waals surface area contributed by atoms with Gasteiger partial charge in [0.15, 0.2) is 0 Å². The van der Waals surface area contributed by atoms with Crippen molar-refractivity contribution in [3.8, 4) is 0 Å². The van der Waals surface area contributed by atoms with Gasteiger partial charge in [-0.25, -0.2) is 0 Å². The maximum atomic E-state index is 12.1. The number of nitrogens with one attached hydrogen (secondary N) is 1. The lowest BCUT2D eigenvalue weighted by atomic mass is 9.87. The van der Waals surface area contributed by atoms with E-state index < -0.39 is 0 Å². The number of halogens is 1. The number of nitrogen functional groups attached to an aromatic ring is 1. The Morgan fingerprint density at radius 3 is 2.68 bits per heavy atom. The summed E-state index contributed by atoms with van der Waals surface area (Å²) in [5.74, 6) is 0.634. The lowest BCUT2D eigenvalue weighted by Crippen LogP contribution is -2.19. The average molecular weight is 325 g/mol. The van der Waals surface area contributed by atoms with Gasteiger partial charge in [-0.1, -0.05) is 35.2 Å². The van der Waals surface area contributed by atoms with E-state index in [-0.39, 0.29) is 5.91 Å². The minimum atomic E-state index is 0.0871. The number of nitrogens with two attached hydrogens (primary N) is 1. The van der Waals surface area contributed by atoms with Crippen LogP contribution < -0.4 is 11.1 Å². The molecule has 0 spiro atoms. The number of benzene rings is 1. The van der Waals surface area contributed by atoms with Gasteiger partial charge in [0, 0.05) is 10.9 Å².